The Kier molecular flexibility index (Phi) is 8.09. The highest BCUT2D eigenvalue weighted by Gasteiger charge is 2.29. The summed E-state index contributed by atoms with van der Waals surface area (Å²) < 4.78 is 7.09. The summed E-state index contributed by atoms with van der Waals surface area (Å²) in [6.45, 7) is 1.18. The molecule has 3 aromatic rings. The van der Waals surface area contributed by atoms with Gasteiger partial charge in [0.1, 0.15) is 5.75 Å². The number of hydrogen-bond acceptors (Lipinski definition) is 5. The zero-order valence-electron chi connectivity index (χ0n) is 21.3. The van der Waals surface area contributed by atoms with Crippen molar-refractivity contribution in [3.05, 3.63) is 79.7 Å². The SMILES string of the molecule is COc1ccc(CNc2nc3c(c(=O)n2C2CCCCC2)CN(C(=O)Nc2ccc(Cl)cc2Cl)CC3)cc1. The predicted molar refractivity (Wildman–Crippen MR) is 151 cm³/mol. The Morgan fingerprint density at radius 2 is 1.87 bits per heavy atom. The standard InChI is InChI=1S/C28H31Cl2N5O3/c1-38-21-10-7-18(8-11-21)16-31-27-32-24-13-14-34(28(37)33-25-12-9-19(29)15-23(25)30)17-22(24)26(36)35(27)20-5-3-2-4-6-20/h7-12,15,20H,2-6,13-14,16-17H2,1H3,(H,31,32)(H,33,37). The fourth-order valence-electron chi connectivity index (χ4n) is 5.18. The van der Waals surface area contributed by atoms with Crippen LogP contribution in [0.3, 0.4) is 0 Å². The van der Waals surface area contributed by atoms with Crippen molar-refractivity contribution >= 4 is 40.9 Å². The van der Waals surface area contributed by atoms with Crippen molar-refractivity contribution in [2.24, 2.45) is 0 Å². The average Bonchev–Trinajstić information content (AvgIpc) is 2.94. The average molecular weight is 556 g/mol. The third kappa shape index (κ3) is 5.76. The van der Waals surface area contributed by atoms with Crippen LogP contribution in [0.5, 0.6) is 5.75 Å². The summed E-state index contributed by atoms with van der Waals surface area (Å²) in [4.78, 5) is 33.5. The number of benzene rings is 2. The van der Waals surface area contributed by atoms with Gasteiger partial charge in [-0.1, -0.05) is 54.6 Å². The number of methoxy groups -OCH3 is 1. The molecule has 2 aromatic carbocycles. The van der Waals surface area contributed by atoms with Gasteiger partial charge in [-0.25, -0.2) is 9.78 Å². The van der Waals surface area contributed by atoms with E-state index in [1.807, 2.05) is 28.8 Å². The lowest BCUT2D eigenvalue weighted by molar-refractivity contribution is 0.205. The van der Waals surface area contributed by atoms with Crippen molar-refractivity contribution in [2.75, 3.05) is 24.3 Å². The molecular formula is C28H31Cl2N5O3. The molecule has 8 nitrogen and oxygen atoms in total. The number of anilines is 2. The van der Waals surface area contributed by atoms with E-state index in [1.165, 1.54) is 6.42 Å². The van der Waals surface area contributed by atoms with Gasteiger partial charge in [-0.15, -0.1) is 0 Å². The molecule has 0 unspecified atom stereocenters. The number of hydrogen-bond donors (Lipinski definition) is 2. The van der Waals surface area contributed by atoms with Gasteiger partial charge < -0.3 is 20.3 Å². The Hall–Kier alpha value is -3.23. The van der Waals surface area contributed by atoms with Crippen LogP contribution < -0.4 is 20.9 Å². The first-order valence-electron chi connectivity index (χ1n) is 12.9. The van der Waals surface area contributed by atoms with Crippen molar-refractivity contribution in [3.8, 4) is 5.75 Å². The Morgan fingerprint density at radius 1 is 1.11 bits per heavy atom. The number of halogens is 2. The van der Waals surface area contributed by atoms with Gasteiger partial charge >= 0.3 is 6.03 Å². The molecule has 1 saturated carbocycles. The molecule has 1 aliphatic carbocycles. The van der Waals surface area contributed by atoms with Gasteiger partial charge in [0.2, 0.25) is 5.95 Å². The van der Waals surface area contributed by atoms with Crippen LogP contribution in [0.2, 0.25) is 10.0 Å². The van der Waals surface area contributed by atoms with Gasteiger partial charge in [-0.2, -0.15) is 0 Å². The molecule has 1 fully saturated rings. The van der Waals surface area contributed by atoms with E-state index in [-0.39, 0.29) is 24.2 Å². The second-order valence-corrected chi connectivity index (χ2v) is 10.6. The molecule has 10 heteroatoms. The number of amides is 2. The van der Waals surface area contributed by atoms with Gasteiger partial charge in [0.15, 0.2) is 0 Å². The number of carbonyl (C=O) groups is 1. The minimum atomic E-state index is -0.315. The van der Waals surface area contributed by atoms with Gasteiger partial charge in [0.05, 0.1) is 35.6 Å². The molecular weight excluding hydrogens is 525 g/mol. The van der Waals surface area contributed by atoms with E-state index in [2.05, 4.69) is 10.6 Å². The van der Waals surface area contributed by atoms with E-state index in [1.54, 1.807) is 30.2 Å². The van der Waals surface area contributed by atoms with E-state index in [0.717, 1.165) is 42.7 Å². The number of aromatic nitrogens is 2. The smallest absolute Gasteiger partial charge is 0.322 e. The first kappa shape index (κ1) is 26.4. The van der Waals surface area contributed by atoms with Crippen molar-refractivity contribution < 1.29 is 9.53 Å². The summed E-state index contributed by atoms with van der Waals surface area (Å²) >= 11 is 12.2. The summed E-state index contributed by atoms with van der Waals surface area (Å²) in [7, 11) is 1.64. The Morgan fingerprint density at radius 3 is 2.58 bits per heavy atom. The molecule has 0 atom stereocenters. The van der Waals surface area contributed by atoms with Crippen LogP contribution in [0.15, 0.2) is 47.3 Å². The van der Waals surface area contributed by atoms with E-state index >= 15 is 0 Å². The van der Waals surface area contributed by atoms with Gasteiger partial charge in [0, 0.05) is 30.6 Å². The normalized spacial score (nSPS) is 15.6. The molecule has 1 aliphatic heterocycles. The van der Waals surface area contributed by atoms with Crippen LogP contribution in [-0.2, 0) is 19.5 Å². The monoisotopic (exact) mass is 555 g/mol. The molecule has 2 amide bonds. The number of nitrogens with one attached hydrogen (secondary N) is 2. The molecule has 0 radical (unpaired) electrons. The van der Waals surface area contributed by atoms with Crippen LogP contribution >= 0.6 is 23.2 Å². The Balaban J connectivity index is 1.40. The molecule has 1 aromatic heterocycles. The number of urea groups is 1. The summed E-state index contributed by atoms with van der Waals surface area (Å²) in [5, 5.41) is 7.11. The highest BCUT2D eigenvalue weighted by Crippen LogP contribution is 2.31. The second kappa shape index (κ2) is 11.7. The predicted octanol–water partition coefficient (Wildman–Crippen LogP) is 6.27. The summed E-state index contributed by atoms with van der Waals surface area (Å²) in [5.41, 5.74) is 2.79. The van der Waals surface area contributed by atoms with Crippen molar-refractivity contribution in [1.82, 2.24) is 14.5 Å². The maximum atomic E-state index is 13.9. The van der Waals surface area contributed by atoms with Crippen LogP contribution in [-0.4, -0.2) is 34.1 Å². The maximum Gasteiger partial charge on any atom is 0.322 e. The number of nitrogens with zero attached hydrogens (tertiary/aromatic N) is 3. The van der Waals surface area contributed by atoms with E-state index in [0.29, 0.717) is 46.8 Å². The summed E-state index contributed by atoms with van der Waals surface area (Å²) in [5.74, 6) is 1.40. The number of fused-ring (bicyclic) bond motifs is 1. The molecule has 0 bridgehead atoms. The number of ether oxygens (including phenoxy) is 1. The summed E-state index contributed by atoms with van der Waals surface area (Å²) in [6.07, 6.45) is 5.73. The van der Waals surface area contributed by atoms with E-state index in [4.69, 9.17) is 32.9 Å². The van der Waals surface area contributed by atoms with Gasteiger partial charge in [-0.05, 0) is 48.7 Å². The van der Waals surface area contributed by atoms with Gasteiger partial charge in [-0.3, -0.25) is 9.36 Å². The van der Waals surface area contributed by atoms with Crippen LogP contribution in [0.25, 0.3) is 0 Å². The van der Waals surface area contributed by atoms with Crippen molar-refractivity contribution in [1.29, 1.82) is 0 Å². The molecule has 0 spiro atoms. The van der Waals surface area contributed by atoms with E-state index < -0.39 is 0 Å². The van der Waals surface area contributed by atoms with Crippen LogP contribution in [0, 0.1) is 0 Å². The molecule has 38 heavy (non-hydrogen) atoms. The zero-order valence-corrected chi connectivity index (χ0v) is 22.8. The topological polar surface area (TPSA) is 88.5 Å². The van der Waals surface area contributed by atoms with Crippen molar-refractivity contribution in [2.45, 2.75) is 57.7 Å². The van der Waals surface area contributed by atoms with Crippen molar-refractivity contribution in [3.63, 3.8) is 0 Å². The zero-order chi connectivity index (χ0) is 26.6. The quantitative estimate of drug-likeness (QED) is 0.374. The molecule has 2 heterocycles. The molecule has 200 valence electrons. The maximum absolute atomic E-state index is 13.9. The highest BCUT2D eigenvalue weighted by molar-refractivity contribution is 6.36. The fraction of sp³-hybridized carbons (Fsp3) is 0.393. The van der Waals surface area contributed by atoms with Crippen LogP contribution in [0.4, 0.5) is 16.4 Å². The minimum absolute atomic E-state index is 0.0684. The van der Waals surface area contributed by atoms with Crippen LogP contribution in [0.1, 0.15) is 55.0 Å². The number of carbonyl (C=O) groups excluding carboxylic acids is 1. The molecule has 2 aliphatic rings. The minimum Gasteiger partial charge on any atom is -0.497 e. The van der Waals surface area contributed by atoms with Gasteiger partial charge in [0.25, 0.3) is 5.56 Å². The lowest BCUT2D eigenvalue weighted by atomic mass is 9.95. The summed E-state index contributed by atoms with van der Waals surface area (Å²) in [6, 6.07) is 12.5. The van der Waals surface area contributed by atoms with E-state index in [9.17, 15) is 9.59 Å². The largest absolute Gasteiger partial charge is 0.497 e. The fourth-order valence-corrected chi connectivity index (χ4v) is 5.63. The third-order valence-electron chi connectivity index (χ3n) is 7.27. The molecule has 2 N–H and O–H groups in total. The highest BCUT2D eigenvalue weighted by atomic mass is 35.5. The Bertz CT molecular complexity index is 1370. The molecule has 5 rings (SSSR count). The Labute approximate surface area is 231 Å². The lowest BCUT2D eigenvalue weighted by Crippen LogP contribution is -2.44. The third-order valence-corrected chi connectivity index (χ3v) is 7.82. The first-order chi connectivity index (χ1) is 18.4. The number of rotatable bonds is 6. The first-order valence-corrected chi connectivity index (χ1v) is 13.7. The second-order valence-electron chi connectivity index (χ2n) is 9.76. The molecule has 0 saturated heterocycles. The lowest BCUT2D eigenvalue weighted by Gasteiger charge is -2.32.